The van der Waals surface area contributed by atoms with Crippen LogP contribution in [0.2, 0.25) is 0 Å². The highest BCUT2D eigenvalue weighted by Crippen LogP contribution is 2.52. The molecule has 0 aliphatic heterocycles. The minimum atomic E-state index is -6.23. The van der Waals surface area contributed by atoms with E-state index in [2.05, 4.69) is 9.47 Å². The maximum atomic E-state index is 12.7. The Morgan fingerprint density at radius 1 is 0.789 bits per heavy atom. The fourth-order valence-corrected chi connectivity index (χ4v) is 1.19. The van der Waals surface area contributed by atoms with Gasteiger partial charge in [0.1, 0.15) is 0 Å². The Morgan fingerprint density at radius 2 is 1.05 bits per heavy atom. The molecule has 0 aliphatic rings. The van der Waals surface area contributed by atoms with E-state index in [1.54, 1.807) is 0 Å². The van der Waals surface area contributed by atoms with Gasteiger partial charge in [-0.15, -0.1) is 0 Å². The van der Waals surface area contributed by atoms with Crippen LogP contribution in [-0.4, -0.2) is 37.5 Å². The first-order chi connectivity index (χ1) is 8.46. The van der Waals surface area contributed by atoms with E-state index in [0.29, 0.717) is 0 Å². The zero-order chi connectivity index (χ0) is 15.5. The van der Waals surface area contributed by atoms with E-state index >= 15 is 0 Å². The number of carbonyl (C=O) groups is 2. The molecule has 0 heterocycles. The highest BCUT2D eigenvalue weighted by Gasteiger charge is 2.82. The quantitative estimate of drug-likeness (QED) is 0.453. The van der Waals surface area contributed by atoms with Crippen LogP contribution in [-0.2, 0) is 19.1 Å². The molecule has 10 heteroatoms. The first-order valence-corrected chi connectivity index (χ1v) is 4.94. The van der Waals surface area contributed by atoms with Gasteiger partial charge in [-0.2, -0.15) is 26.3 Å². The molecular weight excluding hydrogens is 286 g/mol. The molecule has 0 spiro atoms. The molecule has 112 valence electrons. The SMILES string of the molecule is CCOC(=O)C(C(=O)OCC)(C(F)(F)F)C(F)(F)F. The average Bonchev–Trinajstić information content (AvgIpc) is 2.13. The van der Waals surface area contributed by atoms with E-state index < -0.39 is 42.9 Å². The molecule has 0 aromatic rings. The predicted molar refractivity (Wildman–Crippen MR) is 47.8 cm³/mol. The second kappa shape index (κ2) is 5.66. The van der Waals surface area contributed by atoms with Gasteiger partial charge in [-0.1, -0.05) is 0 Å². The summed E-state index contributed by atoms with van der Waals surface area (Å²) in [7, 11) is 0. The van der Waals surface area contributed by atoms with Gasteiger partial charge in [-0.25, -0.2) is 0 Å². The van der Waals surface area contributed by atoms with E-state index in [-0.39, 0.29) is 0 Å². The molecule has 4 nitrogen and oxygen atoms in total. The number of hydrogen-bond acceptors (Lipinski definition) is 4. The normalized spacial score (nSPS) is 13.1. The molecule has 0 N–H and O–H groups in total. The molecular formula is C9H10F6O4. The van der Waals surface area contributed by atoms with E-state index in [1.807, 2.05) is 0 Å². The lowest BCUT2D eigenvalue weighted by molar-refractivity contribution is -0.325. The molecule has 0 aliphatic carbocycles. The van der Waals surface area contributed by atoms with Gasteiger partial charge in [0.2, 0.25) is 0 Å². The number of carbonyl (C=O) groups excluding carboxylic acids is 2. The van der Waals surface area contributed by atoms with Crippen molar-refractivity contribution in [1.82, 2.24) is 0 Å². The zero-order valence-electron chi connectivity index (χ0n) is 9.81. The highest BCUT2D eigenvalue weighted by atomic mass is 19.4. The van der Waals surface area contributed by atoms with Gasteiger partial charge in [0, 0.05) is 0 Å². The molecule has 0 aromatic carbocycles. The minimum Gasteiger partial charge on any atom is -0.465 e. The summed E-state index contributed by atoms with van der Waals surface area (Å²) in [4.78, 5) is 22.2. The van der Waals surface area contributed by atoms with Crippen LogP contribution in [0.15, 0.2) is 0 Å². The van der Waals surface area contributed by atoms with Crippen molar-refractivity contribution in [1.29, 1.82) is 0 Å². The van der Waals surface area contributed by atoms with Crippen LogP contribution in [0, 0.1) is 5.41 Å². The van der Waals surface area contributed by atoms with Gasteiger partial charge in [0.05, 0.1) is 13.2 Å². The summed E-state index contributed by atoms with van der Waals surface area (Å²) in [5.41, 5.74) is -5.33. The van der Waals surface area contributed by atoms with Crippen molar-refractivity contribution < 1.29 is 45.4 Å². The summed E-state index contributed by atoms with van der Waals surface area (Å²) in [6, 6.07) is 0. The van der Waals surface area contributed by atoms with Gasteiger partial charge in [0.25, 0.3) is 0 Å². The summed E-state index contributed by atoms with van der Waals surface area (Å²) in [5, 5.41) is 0. The molecule has 19 heavy (non-hydrogen) atoms. The molecule has 0 amide bonds. The standard InChI is InChI=1S/C9H10F6O4/c1-3-18-5(16)7(8(10,11)12,9(13,14)15)6(17)19-4-2/h3-4H2,1-2H3. The Morgan fingerprint density at radius 3 is 1.21 bits per heavy atom. The van der Waals surface area contributed by atoms with Crippen LogP contribution in [0.25, 0.3) is 0 Å². The second-order valence-electron chi connectivity index (χ2n) is 3.19. The number of ether oxygens (including phenoxy) is 2. The summed E-state index contributed by atoms with van der Waals surface area (Å²) in [5.74, 6) is -5.51. The summed E-state index contributed by atoms with van der Waals surface area (Å²) < 4.78 is 83.7. The fourth-order valence-electron chi connectivity index (χ4n) is 1.19. The topological polar surface area (TPSA) is 52.6 Å². The molecule has 0 bridgehead atoms. The minimum absolute atomic E-state index is 0.758. The lowest BCUT2D eigenvalue weighted by atomic mass is 9.86. The number of alkyl halides is 6. The third kappa shape index (κ3) is 2.92. The van der Waals surface area contributed by atoms with Gasteiger partial charge < -0.3 is 9.47 Å². The van der Waals surface area contributed by atoms with Crippen molar-refractivity contribution in [2.75, 3.05) is 13.2 Å². The number of halogens is 6. The molecule has 0 aromatic heterocycles. The summed E-state index contributed by atoms with van der Waals surface area (Å²) in [6.45, 7) is 0.486. The van der Waals surface area contributed by atoms with Gasteiger partial charge in [-0.3, -0.25) is 9.59 Å². The van der Waals surface area contributed by atoms with Crippen molar-refractivity contribution in [3.63, 3.8) is 0 Å². The predicted octanol–water partition coefficient (Wildman–Crippen LogP) is 2.22. The molecule has 0 unspecified atom stereocenters. The third-order valence-electron chi connectivity index (χ3n) is 2.01. The average molecular weight is 296 g/mol. The summed E-state index contributed by atoms with van der Waals surface area (Å²) in [6.07, 6.45) is -12.5. The molecule has 0 atom stereocenters. The van der Waals surface area contributed by atoms with E-state index in [9.17, 15) is 35.9 Å². The van der Waals surface area contributed by atoms with E-state index in [1.165, 1.54) is 0 Å². The van der Waals surface area contributed by atoms with Crippen LogP contribution in [0.5, 0.6) is 0 Å². The highest BCUT2D eigenvalue weighted by molar-refractivity contribution is 6.02. The van der Waals surface area contributed by atoms with Crippen LogP contribution < -0.4 is 0 Å². The van der Waals surface area contributed by atoms with Crippen LogP contribution >= 0.6 is 0 Å². The Balaban J connectivity index is 6.05. The van der Waals surface area contributed by atoms with E-state index in [0.717, 1.165) is 13.8 Å². The van der Waals surface area contributed by atoms with Crippen molar-refractivity contribution in [2.24, 2.45) is 5.41 Å². The van der Waals surface area contributed by atoms with Crippen LogP contribution in [0.4, 0.5) is 26.3 Å². The maximum Gasteiger partial charge on any atom is 0.424 e. The monoisotopic (exact) mass is 296 g/mol. The first-order valence-electron chi connectivity index (χ1n) is 4.94. The van der Waals surface area contributed by atoms with Gasteiger partial charge in [0.15, 0.2) is 0 Å². The number of rotatable bonds is 4. The molecule has 0 saturated carbocycles. The van der Waals surface area contributed by atoms with Crippen molar-refractivity contribution >= 4 is 11.9 Å². The summed E-state index contributed by atoms with van der Waals surface area (Å²) >= 11 is 0. The van der Waals surface area contributed by atoms with Crippen molar-refractivity contribution in [2.45, 2.75) is 26.2 Å². The van der Waals surface area contributed by atoms with Gasteiger partial charge >= 0.3 is 29.7 Å². The zero-order valence-corrected chi connectivity index (χ0v) is 9.81. The Kier molecular flexibility index (Phi) is 5.22. The molecule has 0 fully saturated rings. The van der Waals surface area contributed by atoms with Crippen molar-refractivity contribution in [3.8, 4) is 0 Å². The van der Waals surface area contributed by atoms with Gasteiger partial charge in [-0.05, 0) is 13.8 Å². The molecule has 0 radical (unpaired) electrons. The number of hydrogen-bond donors (Lipinski definition) is 0. The Labute approximate surface area is 103 Å². The smallest absolute Gasteiger partial charge is 0.424 e. The van der Waals surface area contributed by atoms with Crippen LogP contribution in [0.3, 0.4) is 0 Å². The lowest BCUT2D eigenvalue weighted by Gasteiger charge is -2.32. The molecule has 0 saturated heterocycles. The maximum absolute atomic E-state index is 12.7. The lowest BCUT2D eigenvalue weighted by Crippen LogP contribution is -2.62. The van der Waals surface area contributed by atoms with Crippen molar-refractivity contribution in [3.05, 3.63) is 0 Å². The van der Waals surface area contributed by atoms with E-state index in [4.69, 9.17) is 0 Å². The Hall–Kier alpha value is -1.48. The molecule has 0 rings (SSSR count). The largest absolute Gasteiger partial charge is 0.465 e. The fraction of sp³-hybridized carbons (Fsp3) is 0.778. The second-order valence-corrected chi connectivity index (χ2v) is 3.19. The third-order valence-corrected chi connectivity index (χ3v) is 2.01. The first kappa shape index (κ1) is 17.5. The number of esters is 2. The Bertz CT molecular complexity index is 312. The van der Waals surface area contributed by atoms with Crippen LogP contribution in [0.1, 0.15) is 13.8 Å².